The number of hydrogen-bond acceptors (Lipinski definition) is 6. The number of rotatable bonds is 5. The first-order chi connectivity index (χ1) is 11.7. The van der Waals surface area contributed by atoms with E-state index < -0.39 is 5.97 Å². The molecule has 0 bridgehead atoms. The SMILES string of the molecule is COC(=O)c1ccc(OCc2noc(-c3ccc(F)cc3)n2)cc1. The number of carbonyl (C=O) groups excluding carboxylic acids is 1. The van der Waals surface area contributed by atoms with E-state index in [4.69, 9.17) is 9.26 Å². The Kier molecular flexibility index (Phi) is 4.51. The number of carbonyl (C=O) groups is 1. The lowest BCUT2D eigenvalue weighted by Crippen LogP contribution is -2.01. The van der Waals surface area contributed by atoms with Gasteiger partial charge in [0.2, 0.25) is 5.82 Å². The average Bonchev–Trinajstić information content (AvgIpc) is 3.09. The molecule has 7 heteroatoms. The predicted octanol–water partition coefficient (Wildman–Crippen LogP) is 3.24. The quantitative estimate of drug-likeness (QED) is 0.669. The molecular weight excluding hydrogens is 315 g/mol. The molecule has 122 valence electrons. The van der Waals surface area contributed by atoms with Gasteiger partial charge in [0.05, 0.1) is 12.7 Å². The summed E-state index contributed by atoms with van der Waals surface area (Å²) < 4.78 is 28.2. The van der Waals surface area contributed by atoms with Crippen molar-refractivity contribution < 1.29 is 23.2 Å². The van der Waals surface area contributed by atoms with Gasteiger partial charge in [-0.05, 0) is 48.5 Å². The van der Waals surface area contributed by atoms with Crippen LogP contribution in [0.1, 0.15) is 16.2 Å². The van der Waals surface area contributed by atoms with Crippen LogP contribution in [0.3, 0.4) is 0 Å². The molecule has 1 heterocycles. The number of hydrogen-bond donors (Lipinski definition) is 0. The van der Waals surface area contributed by atoms with Crippen molar-refractivity contribution in [2.45, 2.75) is 6.61 Å². The van der Waals surface area contributed by atoms with E-state index in [-0.39, 0.29) is 18.3 Å². The van der Waals surface area contributed by atoms with Gasteiger partial charge in [-0.2, -0.15) is 4.98 Å². The average molecular weight is 328 g/mol. The Bertz CT molecular complexity index is 829. The van der Waals surface area contributed by atoms with Crippen molar-refractivity contribution in [1.82, 2.24) is 10.1 Å². The molecular formula is C17H13FN2O4. The number of benzene rings is 2. The van der Waals surface area contributed by atoms with E-state index >= 15 is 0 Å². The van der Waals surface area contributed by atoms with Gasteiger partial charge in [0.1, 0.15) is 11.6 Å². The van der Waals surface area contributed by atoms with Crippen LogP contribution in [0, 0.1) is 5.82 Å². The van der Waals surface area contributed by atoms with Gasteiger partial charge in [-0.15, -0.1) is 0 Å². The van der Waals surface area contributed by atoms with Crippen molar-refractivity contribution in [3.05, 3.63) is 65.7 Å². The van der Waals surface area contributed by atoms with Crippen LogP contribution in [0.2, 0.25) is 0 Å². The van der Waals surface area contributed by atoms with E-state index in [0.717, 1.165) is 0 Å². The molecule has 0 saturated carbocycles. The summed E-state index contributed by atoms with van der Waals surface area (Å²) >= 11 is 0. The van der Waals surface area contributed by atoms with Gasteiger partial charge in [0.25, 0.3) is 5.89 Å². The lowest BCUT2D eigenvalue weighted by molar-refractivity contribution is 0.0600. The largest absolute Gasteiger partial charge is 0.485 e. The van der Waals surface area contributed by atoms with Gasteiger partial charge in [-0.1, -0.05) is 5.16 Å². The summed E-state index contributed by atoms with van der Waals surface area (Å²) in [4.78, 5) is 15.5. The molecule has 24 heavy (non-hydrogen) atoms. The molecule has 0 atom stereocenters. The molecule has 0 unspecified atom stereocenters. The Balaban J connectivity index is 1.63. The van der Waals surface area contributed by atoms with E-state index in [1.165, 1.54) is 19.2 Å². The second kappa shape index (κ2) is 6.91. The fourth-order valence-corrected chi connectivity index (χ4v) is 1.98. The highest BCUT2D eigenvalue weighted by Gasteiger charge is 2.10. The fourth-order valence-electron chi connectivity index (χ4n) is 1.98. The van der Waals surface area contributed by atoms with Crippen LogP contribution in [0.4, 0.5) is 4.39 Å². The van der Waals surface area contributed by atoms with Gasteiger partial charge in [-0.25, -0.2) is 9.18 Å². The van der Waals surface area contributed by atoms with Gasteiger partial charge in [0.15, 0.2) is 6.61 Å². The molecule has 0 spiro atoms. The van der Waals surface area contributed by atoms with Crippen LogP contribution >= 0.6 is 0 Å². The zero-order valence-corrected chi connectivity index (χ0v) is 12.7. The maximum absolute atomic E-state index is 12.9. The maximum atomic E-state index is 12.9. The third kappa shape index (κ3) is 3.57. The van der Waals surface area contributed by atoms with Crippen molar-refractivity contribution in [2.24, 2.45) is 0 Å². The van der Waals surface area contributed by atoms with Crippen LogP contribution in [0.5, 0.6) is 5.75 Å². The molecule has 6 nitrogen and oxygen atoms in total. The zero-order valence-electron chi connectivity index (χ0n) is 12.7. The highest BCUT2D eigenvalue weighted by atomic mass is 19.1. The molecule has 0 saturated heterocycles. The molecule has 0 amide bonds. The normalized spacial score (nSPS) is 10.4. The molecule has 0 aliphatic rings. The number of halogens is 1. The molecule has 0 aliphatic carbocycles. The predicted molar refractivity (Wildman–Crippen MR) is 81.8 cm³/mol. The Morgan fingerprint density at radius 1 is 1.12 bits per heavy atom. The lowest BCUT2D eigenvalue weighted by atomic mass is 10.2. The minimum atomic E-state index is -0.413. The first-order valence-corrected chi connectivity index (χ1v) is 7.05. The van der Waals surface area contributed by atoms with Crippen molar-refractivity contribution in [3.63, 3.8) is 0 Å². The molecule has 0 N–H and O–H groups in total. The molecule has 0 radical (unpaired) electrons. The van der Waals surface area contributed by atoms with Gasteiger partial charge in [0, 0.05) is 5.56 Å². The molecule has 3 rings (SSSR count). The van der Waals surface area contributed by atoms with E-state index in [1.54, 1.807) is 36.4 Å². The van der Waals surface area contributed by atoms with E-state index in [9.17, 15) is 9.18 Å². The molecule has 2 aromatic carbocycles. The van der Waals surface area contributed by atoms with E-state index in [2.05, 4.69) is 14.9 Å². The third-order valence-electron chi connectivity index (χ3n) is 3.20. The summed E-state index contributed by atoms with van der Waals surface area (Å²) in [6, 6.07) is 12.2. The van der Waals surface area contributed by atoms with Crippen molar-refractivity contribution >= 4 is 5.97 Å². The minimum Gasteiger partial charge on any atom is -0.485 e. The second-order valence-electron chi connectivity index (χ2n) is 4.83. The molecule has 0 aliphatic heterocycles. The second-order valence-corrected chi connectivity index (χ2v) is 4.83. The van der Waals surface area contributed by atoms with Crippen LogP contribution in [0.15, 0.2) is 53.1 Å². The van der Waals surface area contributed by atoms with Crippen LogP contribution in [-0.2, 0) is 11.3 Å². The first-order valence-electron chi connectivity index (χ1n) is 7.05. The van der Waals surface area contributed by atoms with Crippen molar-refractivity contribution in [2.75, 3.05) is 7.11 Å². The van der Waals surface area contributed by atoms with Crippen molar-refractivity contribution in [1.29, 1.82) is 0 Å². The Morgan fingerprint density at radius 3 is 2.50 bits per heavy atom. The van der Waals surface area contributed by atoms with E-state index in [1.807, 2.05) is 0 Å². The maximum Gasteiger partial charge on any atom is 0.337 e. The Hall–Kier alpha value is -3.22. The van der Waals surface area contributed by atoms with Crippen LogP contribution < -0.4 is 4.74 Å². The minimum absolute atomic E-state index is 0.0995. The summed E-state index contributed by atoms with van der Waals surface area (Å²) in [6.45, 7) is 0.0995. The fraction of sp³-hybridized carbons (Fsp3) is 0.118. The topological polar surface area (TPSA) is 74.5 Å². The lowest BCUT2D eigenvalue weighted by Gasteiger charge is -2.04. The first kappa shape index (κ1) is 15.7. The van der Waals surface area contributed by atoms with Crippen LogP contribution in [0.25, 0.3) is 11.5 Å². The zero-order chi connectivity index (χ0) is 16.9. The van der Waals surface area contributed by atoms with Crippen LogP contribution in [-0.4, -0.2) is 23.2 Å². The third-order valence-corrected chi connectivity index (χ3v) is 3.20. The molecule has 0 fully saturated rings. The molecule has 3 aromatic rings. The van der Waals surface area contributed by atoms with E-state index in [0.29, 0.717) is 22.7 Å². The smallest absolute Gasteiger partial charge is 0.337 e. The van der Waals surface area contributed by atoms with Gasteiger partial charge in [-0.3, -0.25) is 0 Å². The highest BCUT2D eigenvalue weighted by Crippen LogP contribution is 2.18. The van der Waals surface area contributed by atoms with Gasteiger partial charge < -0.3 is 14.0 Å². The monoisotopic (exact) mass is 328 g/mol. The number of methoxy groups -OCH3 is 1. The number of ether oxygens (including phenoxy) is 2. The van der Waals surface area contributed by atoms with Gasteiger partial charge >= 0.3 is 5.97 Å². The summed E-state index contributed by atoms with van der Waals surface area (Å²) in [7, 11) is 1.32. The Labute approximate surface area is 136 Å². The number of nitrogens with zero attached hydrogens (tertiary/aromatic N) is 2. The summed E-state index contributed by atoms with van der Waals surface area (Å²) in [6.07, 6.45) is 0. The summed E-state index contributed by atoms with van der Waals surface area (Å²) in [5.41, 5.74) is 1.06. The Morgan fingerprint density at radius 2 is 1.83 bits per heavy atom. The number of esters is 1. The number of aromatic nitrogens is 2. The van der Waals surface area contributed by atoms with Crippen molar-refractivity contribution in [3.8, 4) is 17.2 Å². The standard InChI is InChI=1S/C17H13FN2O4/c1-22-17(21)12-4-8-14(9-5-12)23-10-15-19-16(24-20-15)11-2-6-13(18)7-3-11/h2-9H,10H2,1H3. The summed E-state index contributed by atoms with van der Waals surface area (Å²) in [5.74, 6) is 0.442. The molecule has 1 aromatic heterocycles. The highest BCUT2D eigenvalue weighted by molar-refractivity contribution is 5.89. The summed E-state index contributed by atoms with van der Waals surface area (Å²) in [5, 5.41) is 3.81.